The molecule has 0 saturated heterocycles. The molecule has 0 bridgehead atoms. The quantitative estimate of drug-likeness (QED) is 0.423. The molecule has 0 spiro atoms. The maximum atomic E-state index is 11.9. The van der Waals surface area contributed by atoms with E-state index in [1.807, 2.05) is 78.9 Å². The van der Waals surface area contributed by atoms with Crippen LogP contribution in [0.4, 0.5) is 0 Å². The molecule has 3 rings (SSSR count). The molecule has 2 aromatic carbocycles. The fourth-order valence-corrected chi connectivity index (χ4v) is 2.11. The van der Waals surface area contributed by atoms with Gasteiger partial charge in [0.2, 0.25) is 0 Å². The average Bonchev–Trinajstić information content (AvgIpc) is 3.14. The number of allylic oxidation sites excluding steroid dienone is 5. The molecule has 0 saturated carbocycles. The smallest absolute Gasteiger partial charge is 0.872 e. The van der Waals surface area contributed by atoms with E-state index in [1.54, 1.807) is 0 Å². The number of hydrogen-bond acceptors (Lipinski definition) is 1. The molecule has 0 atom stereocenters. The van der Waals surface area contributed by atoms with Crippen molar-refractivity contribution < 1.29 is 22.2 Å². The summed E-state index contributed by atoms with van der Waals surface area (Å²) in [7, 11) is 0. The van der Waals surface area contributed by atoms with Crippen LogP contribution in [0.2, 0.25) is 0 Å². The maximum Gasteiger partial charge on any atom is 2.00 e. The normalized spacial score (nSPS) is 11.6. The van der Waals surface area contributed by atoms with Crippen molar-refractivity contribution in [3.8, 4) is 0 Å². The van der Waals surface area contributed by atoms with Crippen LogP contribution < -0.4 is 5.11 Å². The minimum Gasteiger partial charge on any atom is -0.872 e. The second-order valence-electron chi connectivity index (χ2n) is 3.94. The van der Waals surface area contributed by atoms with Crippen LogP contribution in [-0.2, 0) is 17.1 Å². The van der Waals surface area contributed by atoms with E-state index in [2.05, 4.69) is 15.9 Å². The number of rotatable bonds is 1. The van der Waals surface area contributed by atoms with E-state index in [0.29, 0.717) is 5.56 Å². The zero-order chi connectivity index (χ0) is 13.5. The second kappa shape index (κ2) is 8.70. The van der Waals surface area contributed by atoms with Crippen molar-refractivity contribution in [2.45, 2.75) is 0 Å². The average molecular weight is 369 g/mol. The van der Waals surface area contributed by atoms with Gasteiger partial charge < -0.3 is 5.11 Å². The van der Waals surface area contributed by atoms with Crippen LogP contribution >= 0.6 is 15.9 Å². The predicted molar refractivity (Wildman–Crippen MR) is 81.4 cm³/mol. The molecule has 0 N–H and O–H groups in total. The van der Waals surface area contributed by atoms with Gasteiger partial charge in [0.15, 0.2) is 0 Å². The Labute approximate surface area is 138 Å². The van der Waals surface area contributed by atoms with Crippen molar-refractivity contribution in [3.05, 3.63) is 94.5 Å². The van der Waals surface area contributed by atoms with Gasteiger partial charge in [0.25, 0.3) is 0 Å². The summed E-state index contributed by atoms with van der Waals surface area (Å²) in [5.74, 6) is 0.0578. The Morgan fingerprint density at radius 3 is 2.05 bits per heavy atom. The molecule has 0 radical (unpaired) electrons. The van der Waals surface area contributed by atoms with Gasteiger partial charge in [-0.05, 0) is 17.2 Å². The Morgan fingerprint density at radius 1 is 0.950 bits per heavy atom. The standard InChI is InChI=1S/C12H9BrO.C5H5.Fe/c13-11-8-4-3-7-10(11)12(14)9-5-1-2-6-9;1-2-4-5-3-1;/h1-8,14H;1-5H;/q;-1;+2/p-1. The summed E-state index contributed by atoms with van der Waals surface area (Å²) in [6.45, 7) is 0. The van der Waals surface area contributed by atoms with Crippen LogP contribution in [0.5, 0.6) is 0 Å². The van der Waals surface area contributed by atoms with Crippen molar-refractivity contribution in [2.75, 3.05) is 0 Å². The van der Waals surface area contributed by atoms with E-state index in [9.17, 15) is 5.11 Å². The third-order valence-corrected chi connectivity index (χ3v) is 3.29. The van der Waals surface area contributed by atoms with E-state index >= 15 is 0 Å². The molecule has 0 amide bonds. The molecular weight excluding hydrogens is 356 g/mol. The predicted octanol–water partition coefficient (Wildman–Crippen LogP) is 4.05. The Morgan fingerprint density at radius 2 is 1.55 bits per heavy atom. The van der Waals surface area contributed by atoms with Gasteiger partial charge >= 0.3 is 17.1 Å². The number of hydrogen-bond donors (Lipinski definition) is 0. The van der Waals surface area contributed by atoms with Crippen LogP contribution in [0.25, 0.3) is 5.76 Å². The molecular formula is C17H13BrFeO. The third-order valence-electron chi connectivity index (χ3n) is 2.60. The fourth-order valence-electron chi connectivity index (χ4n) is 1.65. The van der Waals surface area contributed by atoms with Gasteiger partial charge in [-0.1, -0.05) is 64.2 Å². The minimum absolute atomic E-state index is 0. The number of halogens is 1. The van der Waals surface area contributed by atoms with Gasteiger partial charge in [-0.2, -0.15) is 18.2 Å². The maximum absolute atomic E-state index is 11.9. The molecule has 3 heteroatoms. The Hall–Kier alpha value is -1.41. The van der Waals surface area contributed by atoms with Crippen molar-refractivity contribution in [3.63, 3.8) is 0 Å². The van der Waals surface area contributed by atoms with E-state index < -0.39 is 0 Å². The molecule has 0 unspecified atom stereocenters. The summed E-state index contributed by atoms with van der Waals surface area (Å²) < 4.78 is 0.839. The molecule has 0 heterocycles. The fraction of sp³-hybridized carbons (Fsp3) is 0. The summed E-state index contributed by atoms with van der Waals surface area (Å²) in [6, 6.07) is 17.4. The first-order valence-electron chi connectivity index (χ1n) is 5.96. The monoisotopic (exact) mass is 368 g/mol. The first-order valence-corrected chi connectivity index (χ1v) is 6.76. The van der Waals surface area contributed by atoms with Gasteiger partial charge in [-0.25, -0.2) is 12.1 Å². The Kier molecular flexibility index (Phi) is 7.24. The molecule has 102 valence electrons. The van der Waals surface area contributed by atoms with E-state index in [4.69, 9.17) is 0 Å². The number of benzene rings is 1. The summed E-state index contributed by atoms with van der Waals surface area (Å²) in [5, 5.41) is 11.9. The van der Waals surface area contributed by atoms with Crippen LogP contribution in [0.3, 0.4) is 0 Å². The van der Waals surface area contributed by atoms with Gasteiger partial charge in [0.1, 0.15) is 0 Å². The van der Waals surface area contributed by atoms with Crippen LogP contribution in [0, 0.1) is 0 Å². The summed E-state index contributed by atoms with van der Waals surface area (Å²) in [6.07, 6.45) is 7.37. The molecule has 1 nitrogen and oxygen atoms in total. The molecule has 0 aromatic heterocycles. The summed E-state index contributed by atoms with van der Waals surface area (Å²) >= 11 is 3.36. The molecule has 2 aromatic rings. The molecule has 0 fully saturated rings. The zero-order valence-electron chi connectivity index (χ0n) is 10.6. The van der Waals surface area contributed by atoms with Gasteiger partial charge in [-0.15, -0.1) is 0 Å². The topological polar surface area (TPSA) is 23.1 Å². The first kappa shape index (κ1) is 16.6. The van der Waals surface area contributed by atoms with Gasteiger partial charge in [-0.3, -0.25) is 0 Å². The molecule has 1 aliphatic rings. The first-order chi connectivity index (χ1) is 9.29. The van der Waals surface area contributed by atoms with Crippen molar-refractivity contribution in [1.82, 2.24) is 0 Å². The van der Waals surface area contributed by atoms with Crippen molar-refractivity contribution in [1.29, 1.82) is 0 Å². The van der Waals surface area contributed by atoms with E-state index in [0.717, 1.165) is 10.0 Å². The van der Waals surface area contributed by atoms with Crippen LogP contribution in [0.15, 0.2) is 88.9 Å². The summed E-state index contributed by atoms with van der Waals surface area (Å²) in [5.41, 5.74) is 1.44. The molecule has 1 aliphatic carbocycles. The van der Waals surface area contributed by atoms with Gasteiger partial charge in [0.05, 0.1) is 0 Å². The van der Waals surface area contributed by atoms with Crippen molar-refractivity contribution in [2.24, 2.45) is 0 Å². The zero-order valence-corrected chi connectivity index (χ0v) is 13.3. The SMILES string of the molecule is [Fe+2].[O-]C(=C1C=CC=C1)c1ccccc1Br.c1cc[cH-]c1. The third kappa shape index (κ3) is 4.60. The van der Waals surface area contributed by atoms with Gasteiger partial charge in [0, 0.05) is 4.47 Å². The van der Waals surface area contributed by atoms with Crippen LogP contribution in [-0.4, -0.2) is 0 Å². The molecule has 0 aliphatic heterocycles. The second-order valence-corrected chi connectivity index (χ2v) is 4.80. The van der Waals surface area contributed by atoms with Crippen molar-refractivity contribution >= 4 is 21.7 Å². The largest absolute Gasteiger partial charge is 2.00 e. The minimum atomic E-state index is 0. The summed E-state index contributed by atoms with van der Waals surface area (Å²) in [4.78, 5) is 0. The van der Waals surface area contributed by atoms with E-state index in [1.165, 1.54) is 0 Å². The Bertz CT molecular complexity index is 578. The molecule has 20 heavy (non-hydrogen) atoms. The van der Waals surface area contributed by atoms with Crippen LogP contribution in [0.1, 0.15) is 5.56 Å². The van der Waals surface area contributed by atoms with E-state index in [-0.39, 0.29) is 22.8 Å². The Balaban J connectivity index is 0.000000283.